The van der Waals surface area contributed by atoms with E-state index in [0.29, 0.717) is 12.4 Å². The number of hydrogen-bond donors (Lipinski definition) is 0. The fourth-order valence-electron chi connectivity index (χ4n) is 1.03. The zero-order chi connectivity index (χ0) is 9.68. The second kappa shape index (κ2) is 4.59. The van der Waals surface area contributed by atoms with Crippen LogP contribution in [0.1, 0.15) is 19.7 Å². The standard InChI is InChI=1S/C8H13N3O2/c1-3-11-7(9-6-10-11)5-8(12)13-4-2/h6H,3-5H2,1-2H3. The number of hydrogen-bond acceptors (Lipinski definition) is 4. The van der Waals surface area contributed by atoms with Crippen LogP contribution in [-0.2, 0) is 22.5 Å². The van der Waals surface area contributed by atoms with Crippen LogP contribution in [0.2, 0.25) is 0 Å². The zero-order valence-electron chi connectivity index (χ0n) is 7.86. The van der Waals surface area contributed by atoms with Crippen LogP contribution in [0.25, 0.3) is 0 Å². The third-order valence-corrected chi connectivity index (χ3v) is 1.60. The van der Waals surface area contributed by atoms with E-state index >= 15 is 0 Å². The summed E-state index contributed by atoms with van der Waals surface area (Å²) in [7, 11) is 0. The van der Waals surface area contributed by atoms with E-state index in [2.05, 4.69) is 10.1 Å². The fourth-order valence-corrected chi connectivity index (χ4v) is 1.03. The van der Waals surface area contributed by atoms with E-state index in [1.54, 1.807) is 11.6 Å². The lowest BCUT2D eigenvalue weighted by atomic mass is 10.4. The lowest BCUT2D eigenvalue weighted by Gasteiger charge is -2.02. The highest BCUT2D eigenvalue weighted by atomic mass is 16.5. The van der Waals surface area contributed by atoms with Crippen molar-refractivity contribution in [2.75, 3.05) is 6.61 Å². The van der Waals surface area contributed by atoms with Gasteiger partial charge in [-0.15, -0.1) is 0 Å². The van der Waals surface area contributed by atoms with Crippen molar-refractivity contribution in [1.29, 1.82) is 0 Å². The monoisotopic (exact) mass is 183 g/mol. The van der Waals surface area contributed by atoms with Crippen LogP contribution in [0.5, 0.6) is 0 Å². The summed E-state index contributed by atoms with van der Waals surface area (Å²) < 4.78 is 6.47. The van der Waals surface area contributed by atoms with Crippen LogP contribution in [0, 0.1) is 0 Å². The van der Waals surface area contributed by atoms with Crippen LogP contribution in [0.3, 0.4) is 0 Å². The van der Waals surface area contributed by atoms with Gasteiger partial charge in [0.1, 0.15) is 18.6 Å². The fraction of sp³-hybridized carbons (Fsp3) is 0.625. The molecule has 0 radical (unpaired) electrons. The molecular weight excluding hydrogens is 170 g/mol. The Morgan fingerprint density at radius 3 is 3.00 bits per heavy atom. The Morgan fingerprint density at radius 1 is 1.62 bits per heavy atom. The predicted octanol–water partition coefficient (Wildman–Crippen LogP) is 0.404. The summed E-state index contributed by atoms with van der Waals surface area (Å²) in [5.41, 5.74) is 0. The SMILES string of the molecule is CCOC(=O)Cc1ncnn1CC. The summed E-state index contributed by atoms with van der Waals surface area (Å²) in [6, 6.07) is 0. The van der Waals surface area contributed by atoms with E-state index in [1.807, 2.05) is 6.92 Å². The Balaban J connectivity index is 2.57. The predicted molar refractivity (Wildman–Crippen MR) is 46.0 cm³/mol. The van der Waals surface area contributed by atoms with Gasteiger partial charge in [0.15, 0.2) is 0 Å². The smallest absolute Gasteiger partial charge is 0.313 e. The molecule has 0 aliphatic rings. The number of carbonyl (C=O) groups excluding carboxylic acids is 1. The third kappa shape index (κ3) is 2.54. The molecule has 0 bridgehead atoms. The molecule has 0 saturated carbocycles. The summed E-state index contributed by atoms with van der Waals surface area (Å²) >= 11 is 0. The van der Waals surface area contributed by atoms with E-state index in [1.165, 1.54) is 6.33 Å². The van der Waals surface area contributed by atoms with Gasteiger partial charge in [-0.3, -0.25) is 4.79 Å². The highest BCUT2D eigenvalue weighted by molar-refractivity contribution is 5.71. The Kier molecular flexibility index (Phi) is 3.42. The van der Waals surface area contributed by atoms with Gasteiger partial charge in [0.05, 0.1) is 6.61 Å². The third-order valence-electron chi connectivity index (χ3n) is 1.60. The van der Waals surface area contributed by atoms with Gasteiger partial charge in [0, 0.05) is 6.54 Å². The zero-order valence-corrected chi connectivity index (χ0v) is 7.86. The minimum absolute atomic E-state index is 0.196. The van der Waals surface area contributed by atoms with Crippen molar-refractivity contribution in [3.63, 3.8) is 0 Å². The molecular formula is C8H13N3O2. The molecule has 0 spiro atoms. The first-order valence-electron chi connectivity index (χ1n) is 4.30. The molecule has 1 heterocycles. The minimum atomic E-state index is -0.259. The molecule has 0 aliphatic carbocycles. The number of carbonyl (C=O) groups is 1. The molecule has 0 atom stereocenters. The van der Waals surface area contributed by atoms with Crippen molar-refractivity contribution in [1.82, 2.24) is 14.8 Å². The summed E-state index contributed by atoms with van der Waals surface area (Å²) in [4.78, 5) is 15.0. The average molecular weight is 183 g/mol. The first-order valence-corrected chi connectivity index (χ1v) is 4.30. The van der Waals surface area contributed by atoms with Gasteiger partial charge in [0.25, 0.3) is 0 Å². The Labute approximate surface area is 76.7 Å². The summed E-state index contributed by atoms with van der Waals surface area (Å²) in [5, 5.41) is 3.95. The highest BCUT2D eigenvalue weighted by Gasteiger charge is 2.09. The van der Waals surface area contributed by atoms with E-state index in [4.69, 9.17) is 4.74 Å². The number of ether oxygens (including phenoxy) is 1. The Morgan fingerprint density at radius 2 is 2.38 bits per heavy atom. The Hall–Kier alpha value is -1.39. The molecule has 0 saturated heterocycles. The molecule has 0 fully saturated rings. The van der Waals surface area contributed by atoms with E-state index in [0.717, 1.165) is 6.54 Å². The highest BCUT2D eigenvalue weighted by Crippen LogP contribution is 1.96. The maximum atomic E-state index is 11.1. The Bertz CT molecular complexity index is 283. The van der Waals surface area contributed by atoms with E-state index in [9.17, 15) is 4.79 Å². The number of rotatable bonds is 4. The summed E-state index contributed by atoms with van der Waals surface area (Å²) in [6.07, 6.45) is 1.64. The molecule has 5 nitrogen and oxygen atoms in total. The van der Waals surface area contributed by atoms with Crippen molar-refractivity contribution in [2.45, 2.75) is 26.8 Å². The maximum Gasteiger partial charge on any atom is 0.313 e. The largest absolute Gasteiger partial charge is 0.466 e. The van der Waals surface area contributed by atoms with Gasteiger partial charge in [0.2, 0.25) is 0 Å². The molecule has 1 rings (SSSR count). The quantitative estimate of drug-likeness (QED) is 0.634. The van der Waals surface area contributed by atoms with Crippen LogP contribution in [0.4, 0.5) is 0 Å². The maximum absolute atomic E-state index is 11.1. The van der Waals surface area contributed by atoms with Crippen molar-refractivity contribution >= 4 is 5.97 Å². The molecule has 5 heteroatoms. The van der Waals surface area contributed by atoms with Gasteiger partial charge < -0.3 is 4.74 Å². The summed E-state index contributed by atoms with van der Waals surface area (Å²) in [5.74, 6) is 0.395. The molecule has 72 valence electrons. The van der Waals surface area contributed by atoms with Gasteiger partial charge in [-0.1, -0.05) is 0 Å². The normalized spacial score (nSPS) is 10.0. The van der Waals surface area contributed by atoms with Crippen molar-refractivity contribution in [2.24, 2.45) is 0 Å². The van der Waals surface area contributed by atoms with Crippen LogP contribution < -0.4 is 0 Å². The summed E-state index contributed by atoms with van der Waals surface area (Å²) in [6.45, 7) is 4.85. The van der Waals surface area contributed by atoms with Crippen molar-refractivity contribution in [3.05, 3.63) is 12.2 Å². The van der Waals surface area contributed by atoms with Crippen LogP contribution >= 0.6 is 0 Å². The van der Waals surface area contributed by atoms with Crippen LogP contribution in [-0.4, -0.2) is 27.3 Å². The van der Waals surface area contributed by atoms with Gasteiger partial charge >= 0.3 is 5.97 Å². The molecule has 0 aromatic carbocycles. The molecule has 0 aliphatic heterocycles. The molecule has 13 heavy (non-hydrogen) atoms. The first-order chi connectivity index (χ1) is 6.27. The van der Waals surface area contributed by atoms with E-state index in [-0.39, 0.29) is 12.4 Å². The number of esters is 1. The number of nitrogens with zero attached hydrogens (tertiary/aromatic N) is 3. The second-order valence-corrected chi connectivity index (χ2v) is 2.47. The molecule has 0 amide bonds. The lowest BCUT2D eigenvalue weighted by molar-refractivity contribution is -0.142. The molecule has 1 aromatic rings. The van der Waals surface area contributed by atoms with Crippen LogP contribution in [0.15, 0.2) is 6.33 Å². The molecule has 1 aromatic heterocycles. The van der Waals surface area contributed by atoms with E-state index < -0.39 is 0 Å². The molecule has 0 unspecified atom stereocenters. The lowest BCUT2D eigenvalue weighted by Crippen LogP contribution is -2.12. The first kappa shape index (κ1) is 9.70. The van der Waals surface area contributed by atoms with Crippen molar-refractivity contribution in [3.8, 4) is 0 Å². The van der Waals surface area contributed by atoms with Gasteiger partial charge in [-0.05, 0) is 13.8 Å². The van der Waals surface area contributed by atoms with Gasteiger partial charge in [-0.2, -0.15) is 5.10 Å². The average Bonchev–Trinajstić information content (AvgIpc) is 2.52. The molecule has 0 N–H and O–H groups in total. The number of aryl methyl sites for hydroxylation is 1. The number of aromatic nitrogens is 3. The topological polar surface area (TPSA) is 57.0 Å². The second-order valence-electron chi connectivity index (χ2n) is 2.47. The minimum Gasteiger partial charge on any atom is -0.466 e. The van der Waals surface area contributed by atoms with Gasteiger partial charge in [-0.25, -0.2) is 9.67 Å². The van der Waals surface area contributed by atoms with Crippen molar-refractivity contribution < 1.29 is 9.53 Å².